The molecule has 1 aromatic carbocycles. The normalized spacial score (nSPS) is 15.0. The lowest BCUT2D eigenvalue weighted by Crippen LogP contribution is -2.38. The number of nitrogen functional groups attached to an aromatic ring is 1. The van der Waals surface area contributed by atoms with Crippen LogP contribution in [0.4, 0.5) is 5.69 Å². The molecule has 1 aliphatic rings. The van der Waals surface area contributed by atoms with Crippen LogP contribution in [0.5, 0.6) is 0 Å². The molecule has 1 amide bonds. The van der Waals surface area contributed by atoms with E-state index in [1.54, 1.807) is 18.2 Å². The molecule has 0 unspecified atom stereocenters. The number of benzene rings is 1. The van der Waals surface area contributed by atoms with Crippen molar-refractivity contribution in [2.24, 2.45) is 5.84 Å². The van der Waals surface area contributed by atoms with Crippen LogP contribution in [0.1, 0.15) is 12.8 Å². The van der Waals surface area contributed by atoms with Gasteiger partial charge in [-0.3, -0.25) is 10.6 Å². The number of hydrogen-bond acceptors (Lipinski definition) is 5. The molecule has 5 N–H and O–H groups in total. The van der Waals surface area contributed by atoms with Gasteiger partial charge in [0.15, 0.2) is 0 Å². The monoisotopic (exact) mass is 284 g/mol. The summed E-state index contributed by atoms with van der Waals surface area (Å²) in [5, 5.41) is 2.70. The molecule has 104 valence electrons. The average molecular weight is 284 g/mol. The predicted octanol–water partition coefficient (Wildman–Crippen LogP) is -0.471. The zero-order valence-electron chi connectivity index (χ0n) is 10.2. The molecule has 1 aliphatic carbocycles. The maximum Gasteiger partial charge on any atom is 0.243 e. The highest BCUT2D eigenvalue weighted by Gasteiger charge is 2.24. The first-order valence-electron chi connectivity index (χ1n) is 5.87. The van der Waals surface area contributed by atoms with Crippen LogP contribution in [-0.4, -0.2) is 26.9 Å². The maximum absolute atomic E-state index is 12.0. The number of sulfonamides is 1. The SMILES string of the molecule is NNc1ccccc1S(=O)(=O)NCC(=O)NC1CC1. The molecule has 0 atom stereocenters. The molecule has 0 aromatic heterocycles. The highest BCUT2D eigenvalue weighted by atomic mass is 32.2. The van der Waals surface area contributed by atoms with Crippen molar-refractivity contribution in [3.05, 3.63) is 24.3 Å². The molecular formula is C11H16N4O3S. The van der Waals surface area contributed by atoms with Crippen molar-refractivity contribution in [1.29, 1.82) is 0 Å². The Hall–Kier alpha value is -1.64. The number of hydrogen-bond donors (Lipinski definition) is 4. The van der Waals surface area contributed by atoms with Crippen molar-refractivity contribution in [2.75, 3.05) is 12.0 Å². The summed E-state index contributed by atoms with van der Waals surface area (Å²) < 4.78 is 26.3. The Morgan fingerprint density at radius 3 is 2.63 bits per heavy atom. The molecule has 1 fully saturated rings. The summed E-state index contributed by atoms with van der Waals surface area (Å²) in [6, 6.07) is 6.40. The van der Waals surface area contributed by atoms with Crippen LogP contribution in [0.15, 0.2) is 29.2 Å². The van der Waals surface area contributed by atoms with Crippen LogP contribution in [-0.2, 0) is 14.8 Å². The average Bonchev–Trinajstić information content (AvgIpc) is 3.20. The molecule has 0 spiro atoms. The predicted molar refractivity (Wildman–Crippen MR) is 70.6 cm³/mol. The molecule has 8 heteroatoms. The third kappa shape index (κ3) is 3.66. The van der Waals surface area contributed by atoms with Gasteiger partial charge in [0.1, 0.15) is 4.90 Å². The number of para-hydroxylation sites is 1. The third-order valence-electron chi connectivity index (χ3n) is 2.70. The van der Waals surface area contributed by atoms with Crippen LogP contribution < -0.4 is 21.3 Å². The zero-order valence-corrected chi connectivity index (χ0v) is 11.0. The van der Waals surface area contributed by atoms with E-state index >= 15 is 0 Å². The standard InChI is InChI=1S/C11H16N4O3S/c12-15-9-3-1-2-4-10(9)19(17,18)13-7-11(16)14-8-5-6-8/h1-4,8,13,15H,5-7,12H2,(H,14,16). The second kappa shape index (κ2) is 5.55. The van der Waals surface area contributed by atoms with Crippen LogP contribution in [0.25, 0.3) is 0 Å². The van der Waals surface area contributed by atoms with Gasteiger partial charge in [-0.15, -0.1) is 0 Å². The van der Waals surface area contributed by atoms with E-state index in [2.05, 4.69) is 15.5 Å². The second-order valence-electron chi connectivity index (χ2n) is 4.31. The van der Waals surface area contributed by atoms with E-state index in [1.165, 1.54) is 6.07 Å². The summed E-state index contributed by atoms with van der Waals surface area (Å²) >= 11 is 0. The number of nitrogens with two attached hydrogens (primary N) is 1. The van der Waals surface area contributed by atoms with Crippen molar-refractivity contribution < 1.29 is 13.2 Å². The van der Waals surface area contributed by atoms with Crippen molar-refractivity contribution in [2.45, 2.75) is 23.8 Å². The summed E-state index contributed by atoms with van der Waals surface area (Å²) in [5.74, 6) is 4.93. The van der Waals surface area contributed by atoms with E-state index in [1.807, 2.05) is 0 Å². The Balaban J connectivity index is 2.02. The molecule has 0 bridgehead atoms. The minimum Gasteiger partial charge on any atom is -0.352 e. The van der Waals surface area contributed by atoms with Gasteiger partial charge in [0.2, 0.25) is 15.9 Å². The molecular weight excluding hydrogens is 268 g/mol. The lowest BCUT2D eigenvalue weighted by Gasteiger charge is -2.10. The molecule has 0 aliphatic heterocycles. The van der Waals surface area contributed by atoms with Gasteiger partial charge in [-0.05, 0) is 25.0 Å². The summed E-state index contributed by atoms with van der Waals surface area (Å²) in [5.41, 5.74) is 2.59. The van der Waals surface area contributed by atoms with E-state index in [0.29, 0.717) is 0 Å². The van der Waals surface area contributed by atoms with E-state index in [0.717, 1.165) is 12.8 Å². The van der Waals surface area contributed by atoms with Gasteiger partial charge in [0.25, 0.3) is 0 Å². The number of hydrazine groups is 1. The maximum atomic E-state index is 12.0. The number of amides is 1. The highest BCUT2D eigenvalue weighted by molar-refractivity contribution is 7.89. The van der Waals surface area contributed by atoms with Crippen LogP contribution >= 0.6 is 0 Å². The first-order valence-corrected chi connectivity index (χ1v) is 7.36. The van der Waals surface area contributed by atoms with Crippen molar-refractivity contribution in [3.63, 3.8) is 0 Å². The second-order valence-corrected chi connectivity index (χ2v) is 6.04. The minimum absolute atomic E-state index is 0.0109. The van der Waals surface area contributed by atoms with E-state index in [9.17, 15) is 13.2 Å². The van der Waals surface area contributed by atoms with Gasteiger partial charge in [0.05, 0.1) is 12.2 Å². The van der Waals surface area contributed by atoms with Gasteiger partial charge in [-0.2, -0.15) is 0 Å². The Morgan fingerprint density at radius 2 is 2.00 bits per heavy atom. The smallest absolute Gasteiger partial charge is 0.243 e. The molecule has 0 heterocycles. The number of anilines is 1. The van der Waals surface area contributed by atoms with Crippen LogP contribution in [0.3, 0.4) is 0 Å². The summed E-state index contributed by atoms with van der Waals surface area (Å²) in [6.07, 6.45) is 1.91. The summed E-state index contributed by atoms with van der Waals surface area (Å²) in [7, 11) is -3.77. The Labute approximate surface area is 111 Å². The largest absolute Gasteiger partial charge is 0.352 e. The Bertz CT molecular complexity index is 569. The molecule has 1 saturated carbocycles. The lowest BCUT2D eigenvalue weighted by molar-refractivity contribution is -0.120. The zero-order chi connectivity index (χ0) is 13.9. The fourth-order valence-corrected chi connectivity index (χ4v) is 2.72. The minimum atomic E-state index is -3.77. The van der Waals surface area contributed by atoms with Crippen molar-refractivity contribution >= 4 is 21.6 Å². The lowest BCUT2D eigenvalue weighted by atomic mass is 10.3. The topological polar surface area (TPSA) is 113 Å². The van der Waals surface area contributed by atoms with Gasteiger partial charge >= 0.3 is 0 Å². The molecule has 1 aromatic rings. The third-order valence-corrected chi connectivity index (χ3v) is 4.16. The number of rotatable bonds is 6. The quantitative estimate of drug-likeness (QED) is 0.416. The van der Waals surface area contributed by atoms with Crippen molar-refractivity contribution in [1.82, 2.24) is 10.0 Å². The molecule has 0 radical (unpaired) electrons. The number of carbonyl (C=O) groups excluding carboxylic acids is 1. The molecule has 19 heavy (non-hydrogen) atoms. The van der Waals surface area contributed by atoms with Gasteiger partial charge in [-0.25, -0.2) is 13.1 Å². The van der Waals surface area contributed by atoms with Gasteiger partial charge < -0.3 is 10.7 Å². The first kappa shape index (κ1) is 13.8. The summed E-state index contributed by atoms with van der Waals surface area (Å²) in [6.45, 7) is -0.280. The van der Waals surface area contributed by atoms with E-state index in [4.69, 9.17) is 5.84 Å². The molecule has 2 rings (SSSR count). The van der Waals surface area contributed by atoms with Gasteiger partial charge in [-0.1, -0.05) is 12.1 Å². The molecule has 0 saturated heterocycles. The molecule has 7 nitrogen and oxygen atoms in total. The first-order chi connectivity index (χ1) is 9.03. The number of carbonyl (C=O) groups is 1. The van der Waals surface area contributed by atoms with Gasteiger partial charge in [0, 0.05) is 6.04 Å². The number of nitrogens with one attached hydrogen (secondary N) is 3. The highest BCUT2D eigenvalue weighted by Crippen LogP contribution is 2.20. The van der Waals surface area contributed by atoms with E-state index in [-0.39, 0.29) is 29.1 Å². The Kier molecular flexibility index (Phi) is 4.03. The fraction of sp³-hybridized carbons (Fsp3) is 0.364. The Morgan fingerprint density at radius 1 is 1.32 bits per heavy atom. The summed E-state index contributed by atoms with van der Waals surface area (Å²) in [4.78, 5) is 11.5. The van der Waals surface area contributed by atoms with E-state index < -0.39 is 10.0 Å². The van der Waals surface area contributed by atoms with Crippen LogP contribution in [0, 0.1) is 0 Å². The fourth-order valence-electron chi connectivity index (χ4n) is 1.56. The van der Waals surface area contributed by atoms with Crippen LogP contribution in [0.2, 0.25) is 0 Å². The van der Waals surface area contributed by atoms with Crippen molar-refractivity contribution in [3.8, 4) is 0 Å².